The van der Waals surface area contributed by atoms with E-state index in [2.05, 4.69) is 5.32 Å². The van der Waals surface area contributed by atoms with Crippen molar-refractivity contribution in [3.8, 4) is 0 Å². The number of aliphatic hydroxyl groups excluding tert-OH is 1. The van der Waals surface area contributed by atoms with Crippen LogP contribution in [0.2, 0.25) is 17.6 Å². The quantitative estimate of drug-likeness (QED) is 0.0257. The molecule has 4 aromatic carbocycles. The van der Waals surface area contributed by atoms with Crippen molar-refractivity contribution < 1.29 is 99.9 Å². The average Bonchev–Trinajstić information content (AvgIpc) is 1.50. The maximum Gasteiger partial charge on any atom is 0.407 e. The monoisotopic (exact) mass is 1300 g/mol. The van der Waals surface area contributed by atoms with Gasteiger partial charge in [0.25, 0.3) is 0 Å². The number of amides is 1. The maximum absolute atomic E-state index is 14.7. The van der Waals surface area contributed by atoms with Gasteiger partial charge in [-0.3, -0.25) is 14.4 Å². The Bertz CT molecular complexity index is 2880. The van der Waals surface area contributed by atoms with Gasteiger partial charge >= 0.3 is 35.9 Å². The zero-order valence-corrected chi connectivity index (χ0v) is 53.2. The van der Waals surface area contributed by atoms with Crippen LogP contribution < -0.4 is 5.32 Å². The topological polar surface area (TPSA) is 264 Å². The largest absolute Gasteiger partial charge is 0.459 e. The molecule has 3 aliphatic heterocycles. The van der Waals surface area contributed by atoms with E-state index in [0.29, 0.717) is 17.7 Å². The van der Waals surface area contributed by atoms with Crippen molar-refractivity contribution >= 4 is 79.1 Å². The zero-order valence-electron chi connectivity index (χ0n) is 50.0. The number of rotatable bonds is 26. The first kappa shape index (κ1) is 69.7. The summed E-state index contributed by atoms with van der Waals surface area (Å²) < 4.78 is 87.9. The van der Waals surface area contributed by atoms with Gasteiger partial charge < -0.3 is 76.4 Å². The molecule has 2 N–H and O–H groups in total. The second-order valence-electron chi connectivity index (χ2n) is 21.6. The highest BCUT2D eigenvalue weighted by molar-refractivity contribution is 6.75. The summed E-state index contributed by atoms with van der Waals surface area (Å²) in [5.74, 6) is -3.99. The summed E-state index contributed by atoms with van der Waals surface area (Å²) in [6.45, 7) is 11.0. The lowest BCUT2D eigenvalue weighted by atomic mass is 9.94. The second kappa shape index (κ2) is 32.8. The van der Waals surface area contributed by atoms with Crippen molar-refractivity contribution in [2.24, 2.45) is 0 Å². The third kappa shape index (κ3) is 19.4. The number of carbonyl (C=O) groups excluding carboxylic acids is 6. The Balaban J connectivity index is 1.43. The van der Waals surface area contributed by atoms with E-state index in [1.54, 1.807) is 78.9 Å². The van der Waals surface area contributed by atoms with Gasteiger partial charge in [0.1, 0.15) is 55.9 Å². The van der Waals surface area contributed by atoms with E-state index in [1.807, 2.05) is 58.0 Å². The third-order valence-electron chi connectivity index (χ3n) is 15.1. The van der Waals surface area contributed by atoms with E-state index in [4.69, 9.17) is 101 Å². The number of carbonyl (C=O) groups is 6. The highest BCUT2D eigenvalue weighted by atomic mass is 35.6. The van der Waals surface area contributed by atoms with Crippen LogP contribution >= 0.6 is 34.8 Å². The predicted octanol–water partition coefficient (Wildman–Crippen LogP) is 8.87. The minimum absolute atomic E-state index is 0.0116. The molecule has 0 unspecified atom stereocenters. The van der Waals surface area contributed by atoms with E-state index in [-0.39, 0.29) is 29.9 Å². The van der Waals surface area contributed by atoms with Crippen molar-refractivity contribution in [1.29, 1.82) is 0 Å². The van der Waals surface area contributed by atoms with Crippen LogP contribution in [0, 0.1) is 0 Å². The van der Waals surface area contributed by atoms with Crippen molar-refractivity contribution in [3.05, 3.63) is 144 Å². The van der Waals surface area contributed by atoms with Gasteiger partial charge in [-0.2, -0.15) is 0 Å². The summed E-state index contributed by atoms with van der Waals surface area (Å²) in [7, 11) is -3.02. The molecule has 22 nitrogen and oxygen atoms in total. The first-order chi connectivity index (χ1) is 42.0. The molecule has 88 heavy (non-hydrogen) atoms. The number of benzene rings is 4. The van der Waals surface area contributed by atoms with Gasteiger partial charge in [0.2, 0.25) is 3.79 Å². The molecule has 0 bridgehead atoms. The predicted molar refractivity (Wildman–Crippen MR) is 319 cm³/mol. The minimum Gasteiger partial charge on any atom is -0.459 e. The van der Waals surface area contributed by atoms with Crippen LogP contribution in [0.3, 0.4) is 0 Å². The van der Waals surface area contributed by atoms with E-state index in [1.165, 1.54) is 32.9 Å². The lowest BCUT2D eigenvalue weighted by Crippen LogP contribution is -2.70. The number of ether oxygens (including phenoxy) is 13. The zero-order chi connectivity index (χ0) is 63.7. The highest BCUT2D eigenvalue weighted by Crippen LogP contribution is 2.41. The van der Waals surface area contributed by atoms with E-state index >= 15 is 0 Å². The standard InChI is InChI=1S/C62H76Cl3NO21Si/c1-9-88(10-2,36(3)4)87-53-50(80-39(7)68)46(34-76-56(70)43-27-19-13-20-28-43)83-60(55(53)84-57(71)44-29-21-14-22-30-44)85-49-45(33-74-31-41-23-15-11-16-24-41)82-58(72)47(66-61(73)77-35-62(63,64)65)51(49)86-59-54(75-32-42-25-17-12-18-26-42)52(81-40(8)69)48(37(5)78-59)79-38(6)67/h11-30,36-37,45-55,58-60,72H,9-10,31-35H2,1-8H3,(H,66,73)/t37-,45+,46+,47+,48+,49+,50-,51+,52+,53-,54-,55+,58+,59-,60-/m0/s1. The van der Waals surface area contributed by atoms with Gasteiger partial charge in [0.05, 0.1) is 37.1 Å². The van der Waals surface area contributed by atoms with Crippen LogP contribution in [0.15, 0.2) is 121 Å². The number of nitrogens with one attached hydrogen (secondary N) is 1. The Morgan fingerprint density at radius 2 is 1.07 bits per heavy atom. The first-order valence-corrected chi connectivity index (χ1v) is 32.4. The number of hydrogen-bond donors (Lipinski definition) is 2. The van der Waals surface area contributed by atoms with Gasteiger partial charge in [-0.25, -0.2) is 14.4 Å². The van der Waals surface area contributed by atoms with Crippen molar-refractivity contribution in [3.63, 3.8) is 0 Å². The van der Waals surface area contributed by atoms with E-state index in [0.717, 1.165) is 12.5 Å². The first-order valence-electron chi connectivity index (χ1n) is 28.9. The van der Waals surface area contributed by atoms with Crippen molar-refractivity contribution in [2.45, 2.75) is 182 Å². The van der Waals surface area contributed by atoms with Gasteiger partial charge in [-0.1, -0.05) is 160 Å². The van der Waals surface area contributed by atoms with Crippen LogP contribution in [-0.4, -0.2) is 165 Å². The summed E-state index contributed by atoms with van der Waals surface area (Å²) in [6.07, 6.45) is -23.3. The molecule has 3 saturated heterocycles. The van der Waals surface area contributed by atoms with Crippen LogP contribution in [0.25, 0.3) is 0 Å². The highest BCUT2D eigenvalue weighted by Gasteiger charge is 2.59. The summed E-state index contributed by atoms with van der Waals surface area (Å²) in [4.78, 5) is 81.8. The molecule has 3 heterocycles. The van der Waals surface area contributed by atoms with Crippen molar-refractivity contribution in [1.82, 2.24) is 5.32 Å². The number of aliphatic hydroxyl groups is 1. The molecular weight excluding hydrogens is 1230 g/mol. The molecule has 3 aliphatic rings. The van der Waals surface area contributed by atoms with Crippen LogP contribution in [-0.2, 0) is 93.6 Å². The maximum atomic E-state index is 14.7. The lowest BCUT2D eigenvalue weighted by molar-refractivity contribution is -0.372. The molecule has 0 saturated carbocycles. The van der Waals surface area contributed by atoms with Gasteiger partial charge in [0, 0.05) is 20.8 Å². The fourth-order valence-electron chi connectivity index (χ4n) is 10.7. The molecule has 4 aromatic rings. The molecule has 3 fully saturated rings. The summed E-state index contributed by atoms with van der Waals surface area (Å²) in [5.41, 5.74) is 1.56. The van der Waals surface area contributed by atoms with Crippen molar-refractivity contribution in [2.75, 3.05) is 19.8 Å². The van der Waals surface area contributed by atoms with Gasteiger partial charge in [-0.15, -0.1) is 0 Å². The lowest BCUT2D eigenvalue weighted by Gasteiger charge is -2.52. The Morgan fingerprint density at radius 1 is 0.568 bits per heavy atom. The van der Waals surface area contributed by atoms with Gasteiger partial charge in [-0.05, 0) is 59.9 Å². The molecule has 480 valence electrons. The Kier molecular flexibility index (Phi) is 26.0. The summed E-state index contributed by atoms with van der Waals surface area (Å²) in [6, 6.07) is 33.3. The van der Waals surface area contributed by atoms with Crippen LogP contribution in [0.5, 0.6) is 0 Å². The molecule has 7 rings (SSSR count). The molecule has 0 aliphatic carbocycles. The second-order valence-corrected chi connectivity index (χ2v) is 29.0. The summed E-state index contributed by atoms with van der Waals surface area (Å²) >= 11 is 18.1. The van der Waals surface area contributed by atoms with E-state index in [9.17, 15) is 33.9 Å². The number of alkyl halides is 3. The smallest absolute Gasteiger partial charge is 0.407 e. The molecule has 0 aromatic heterocycles. The Labute approximate surface area is 527 Å². The summed E-state index contributed by atoms with van der Waals surface area (Å²) in [5, 5.41) is 14.9. The Hall–Kier alpha value is -5.77. The number of esters is 5. The molecule has 0 spiro atoms. The fraction of sp³-hybridized carbons (Fsp3) is 0.516. The molecule has 0 radical (unpaired) electrons. The normalized spacial score (nSPS) is 27.3. The van der Waals surface area contributed by atoms with Crippen LogP contribution in [0.1, 0.15) is 87.2 Å². The Morgan fingerprint density at radius 3 is 1.61 bits per heavy atom. The van der Waals surface area contributed by atoms with Gasteiger partial charge in [0.15, 0.2) is 51.6 Å². The molecule has 26 heteroatoms. The fourth-order valence-corrected chi connectivity index (χ4v) is 14.4. The molecular formula is C62H76Cl3NO21Si. The SMILES string of the molecule is CC[Si](CC)(O[C@H]1[C@@H](OC(C)=O)[C@@H](COC(=O)c2ccccc2)O[C@@H](O[C@H]2[C@H](O[C@@H]3O[C@@H](C)[C@@H](OC(C)=O)[C@@H](OC(C)=O)[C@@H]3OCc3ccccc3)[C@@H](NC(=O)OCC(Cl)(Cl)Cl)[C@H](O)O[C@@H]2COCc2ccccc2)[C@@H]1OC(=O)c1ccccc1)C(C)C. The number of alkyl carbamates (subject to hydrolysis) is 1. The number of halogens is 3. The third-order valence-corrected chi connectivity index (χ3v) is 20.6. The van der Waals surface area contributed by atoms with E-state index < -0.39 is 160 Å². The average molecular weight is 1310 g/mol. The molecule has 1 amide bonds. The molecule has 15 atom stereocenters. The van der Waals surface area contributed by atoms with Crippen LogP contribution in [0.4, 0.5) is 4.79 Å². The number of hydrogen-bond acceptors (Lipinski definition) is 21. The minimum atomic E-state index is -3.02.